The number of aromatic hydroxyl groups is 1. The van der Waals surface area contributed by atoms with Crippen LogP contribution in [0.2, 0.25) is 5.02 Å². The molecule has 0 fully saturated rings. The minimum Gasteiger partial charge on any atom is -0.508 e. The SMILES string of the molecule is Cc1ccc(CN(Cc2cccc(O)c2)C(=Nc2ccc(Cl)c(C(F)(F)F)c2)Sc2cccc(C)c2)cc1. The Balaban J connectivity index is 1.82. The zero-order chi connectivity index (χ0) is 27.3. The number of nitrogens with zero attached hydrogens (tertiary/aromatic N) is 2. The van der Waals surface area contributed by atoms with Gasteiger partial charge in [0.1, 0.15) is 5.75 Å². The molecule has 4 aromatic rings. The minimum absolute atomic E-state index is 0.134. The van der Waals surface area contributed by atoms with Crippen molar-refractivity contribution in [2.45, 2.75) is 38.0 Å². The fraction of sp³-hybridized carbons (Fsp3) is 0.167. The lowest BCUT2D eigenvalue weighted by Crippen LogP contribution is -2.28. The molecule has 0 aliphatic rings. The second kappa shape index (κ2) is 12.0. The summed E-state index contributed by atoms with van der Waals surface area (Å²) in [7, 11) is 0. The van der Waals surface area contributed by atoms with E-state index < -0.39 is 11.7 Å². The van der Waals surface area contributed by atoms with E-state index in [0.717, 1.165) is 33.2 Å². The van der Waals surface area contributed by atoms with E-state index in [1.165, 1.54) is 23.9 Å². The number of aryl methyl sites for hydroxylation is 2. The third-order valence-corrected chi connectivity index (χ3v) is 7.08. The van der Waals surface area contributed by atoms with E-state index in [1.807, 2.05) is 73.3 Å². The van der Waals surface area contributed by atoms with Gasteiger partial charge in [0.2, 0.25) is 0 Å². The van der Waals surface area contributed by atoms with Gasteiger partial charge < -0.3 is 10.0 Å². The topological polar surface area (TPSA) is 35.8 Å². The fourth-order valence-corrected chi connectivity index (χ4v) is 5.07. The van der Waals surface area contributed by atoms with Gasteiger partial charge in [-0.15, -0.1) is 0 Å². The van der Waals surface area contributed by atoms with E-state index in [-0.39, 0.29) is 16.5 Å². The first-order chi connectivity index (χ1) is 18.1. The maximum atomic E-state index is 13.6. The van der Waals surface area contributed by atoms with Gasteiger partial charge >= 0.3 is 6.18 Å². The quantitative estimate of drug-likeness (QED) is 0.147. The number of halogens is 4. The molecule has 0 unspecified atom stereocenters. The second-order valence-corrected chi connectivity index (χ2v) is 10.4. The van der Waals surface area contributed by atoms with Crippen molar-refractivity contribution in [3.8, 4) is 5.75 Å². The summed E-state index contributed by atoms with van der Waals surface area (Å²) in [6.07, 6.45) is -4.60. The van der Waals surface area contributed by atoms with Crippen LogP contribution < -0.4 is 0 Å². The molecule has 0 radical (unpaired) electrons. The second-order valence-electron chi connectivity index (χ2n) is 8.99. The summed E-state index contributed by atoms with van der Waals surface area (Å²) in [5.74, 6) is 0.134. The van der Waals surface area contributed by atoms with Crippen molar-refractivity contribution in [2.24, 2.45) is 4.99 Å². The van der Waals surface area contributed by atoms with E-state index in [1.54, 1.807) is 18.2 Å². The lowest BCUT2D eigenvalue weighted by molar-refractivity contribution is -0.137. The Kier molecular flexibility index (Phi) is 8.69. The number of hydrogen-bond donors (Lipinski definition) is 1. The molecule has 0 heterocycles. The number of thioether (sulfide) groups is 1. The van der Waals surface area contributed by atoms with Crippen LogP contribution in [0.1, 0.15) is 27.8 Å². The molecule has 8 heteroatoms. The number of alkyl halides is 3. The molecule has 0 saturated carbocycles. The van der Waals surface area contributed by atoms with E-state index in [2.05, 4.69) is 0 Å². The Hall–Kier alpha value is -3.42. The van der Waals surface area contributed by atoms with Crippen LogP contribution in [0.25, 0.3) is 0 Å². The van der Waals surface area contributed by atoms with Crippen molar-refractivity contribution in [3.05, 3.63) is 124 Å². The maximum Gasteiger partial charge on any atom is 0.417 e. The standard InChI is InChI=1S/C30H26ClF3N2OS/c1-20-9-11-22(12-10-20)18-36(19-23-6-4-7-25(37)16-23)29(38-26-8-3-5-21(2)15-26)35-24-13-14-28(31)27(17-24)30(32,33)34/h3-17,37H,18-19H2,1-2H3. The molecule has 0 amide bonds. The average molecular weight is 555 g/mol. The summed E-state index contributed by atoms with van der Waals surface area (Å²) in [5, 5.41) is 10.2. The van der Waals surface area contributed by atoms with E-state index in [9.17, 15) is 18.3 Å². The van der Waals surface area contributed by atoms with Crippen LogP contribution >= 0.6 is 23.4 Å². The smallest absolute Gasteiger partial charge is 0.417 e. The van der Waals surface area contributed by atoms with Crippen molar-refractivity contribution in [2.75, 3.05) is 0 Å². The molecule has 0 saturated heterocycles. The number of aliphatic imine (C=N–C) groups is 1. The zero-order valence-corrected chi connectivity index (χ0v) is 22.4. The third kappa shape index (κ3) is 7.55. The lowest BCUT2D eigenvalue weighted by atomic mass is 10.1. The molecular formula is C30H26ClF3N2OS. The van der Waals surface area contributed by atoms with Crippen LogP contribution in [0.5, 0.6) is 5.75 Å². The largest absolute Gasteiger partial charge is 0.508 e. The molecule has 4 aromatic carbocycles. The van der Waals surface area contributed by atoms with Gasteiger partial charge in [-0.3, -0.25) is 0 Å². The molecule has 0 atom stereocenters. The number of rotatable bonds is 6. The molecular weight excluding hydrogens is 529 g/mol. The summed E-state index contributed by atoms with van der Waals surface area (Å²) < 4.78 is 40.8. The first-order valence-corrected chi connectivity index (χ1v) is 13.0. The Labute approximate surface area is 229 Å². The van der Waals surface area contributed by atoms with Gasteiger partial charge in [-0.2, -0.15) is 13.2 Å². The normalized spacial score (nSPS) is 12.0. The summed E-state index contributed by atoms with van der Waals surface area (Å²) >= 11 is 7.23. The number of phenols is 1. The van der Waals surface area contributed by atoms with Crippen molar-refractivity contribution in [1.29, 1.82) is 0 Å². The number of phenolic OH excluding ortho intramolecular Hbond substituents is 1. The Morgan fingerprint density at radius 3 is 2.24 bits per heavy atom. The molecule has 38 heavy (non-hydrogen) atoms. The van der Waals surface area contributed by atoms with Crippen LogP contribution in [0.3, 0.4) is 0 Å². The average Bonchev–Trinajstić information content (AvgIpc) is 2.85. The van der Waals surface area contributed by atoms with Crippen LogP contribution in [0, 0.1) is 13.8 Å². The lowest BCUT2D eigenvalue weighted by Gasteiger charge is -2.26. The van der Waals surface area contributed by atoms with E-state index in [0.29, 0.717) is 18.3 Å². The van der Waals surface area contributed by atoms with Crippen LogP contribution in [0.4, 0.5) is 18.9 Å². The highest BCUT2D eigenvalue weighted by Crippen LogP contribution is 2.37. The maximum absolute atomic E-state index is 13.6. The van der Waals surface area contributed by atoms with Gasteiger partial charge in [-0.1, -0.05) is 83.0 Å². The van der Waals surface area contributed by atoms with Gasteiger partial charge in [0, 0.05) is 18.0 Å². The Bertz CT molecular complexity index is 1440. The van der Waals surface area contributed by atoms with Crippen LogP contribution in [-0.4, -0.2) is 15.2 Å². The van der Waals surface area contributed by atoms with Crippen molar-refractivity contribution >= 4 is 34.2 Å². The van der Waals surface area contributed by atoms with Crippen molar-refractivity contribution in [3.63, 3.8) is 0 Å². The van der Waals surface area contributed by atoms with Gasteiger partial charge in [0.15, 0.2) is 5.17 Å². The predicted molar refractivity (Wildman–Crippen MR) is 149 cm³/mol. The summed E-state index contributed by atoms with van der Waals surface area (Å²) in [6.45, 7) is 4.81. The van der Waals surface area contributed by atoms with Gasteiger partial charge in [-0.25, -0.2) is 4.99 Å². The monoisotopic (exact) mass is 554 g/mol. The molecule has 0 aliphatic carbocycles. The summed E-state index contributed by atoms with van der Waals surface area (Å²) in [4.78, 5) is 7.61. The molecule has 196 valence electrons. The third-order valence-electron chi connectivity index (χ3n) is 5.73. The van der Waals surface area contributed by atoms with Gasteiger partial charge in [0.05, 0.1) is 16.3 Å². The van der Waals surface area contributed by atoms with Gasteiger partial charge in [0.25, 0.3) is 0 Å². The van der Waals surface area contributed by atoms with Crippen molar-refractivity contribution < 1.29 is 18.3 Å². The van der Waals surface area contributed by atoms with Crippen LogP contribution in [0.15, 0.2) is 101 Å². The number of benzene rings is 4. The fourth-order valence-electron chi connectivity index (χ4n) is 3.83. The van der Waals surface area contributed by atoms with Crippen LogP contribution in [-0.2, 0) is 19.3 Å². The van der Waals surface area contributed by atoms with E-state index in [4.69, 9.17) is 16.6 Å². The zero-order valence-electron chi connectivity index (χ0n) is 20.8. The highest BCUT2D eigenvalue weighted by atomic mass is 35.5. The first kappa shape index (κ1) is 27.6. The van der Waals surface area contributed by atoms with Gasteiger partial charge in [-0.05, 0) is 67.4 Å². The minimum atomic E-state index is -4.60. The number of amidine groups is 1. The van der Waals surface area contributed by atoms with Crippen molar-refractivity contribution in [1.82, 2.24) is 4.90 Å². The summed E-state index contributed by atoms with van der Waals surface area (Å²) in [6, 6.07) is 26.5. The van der Waals surface area contributed by atoms with E-state index >= 15 is 0 Å². The molecule has 0 aliphatic heterocycles. The Morgan fingerprint density at radius 2 is 1.55 bits per heavy atom. The Morgan fingerprint density at radius 1 is 0.842 bits per heavy atom. The molecule has 1 N–H and O–H groups in total. The first-order valence-electron chi connectivity index (χ1n) is 11.9. The molecule has 0 spiro atoms. The number of hydrogen-bond acceptors (Lipinski definition) is 3. The predicted octanol–water partition coefficient (Wildman–Crippen LogP) is 9.16. The highest BCUT2D eigenvalue weighted by Gasteiger charge is 2.33. The highest BCUT2D eigenvalue weighted by molar-refractivity contribution is 8.13. The molecule has 3 nitrogen and oxygen atoms in total. The molecule has 4 rings (SSSR count). The molecule has 0 bridgehead atoms. The summed E-state index contributed by atoms with van der Waals surface area (Å²) in [5.41, 5.74) is 3.23. The molecule has 0 aromatic heterocycles.